The van der Waals surface area contributed by atoms with E-state index in [2.05, 4.69) is 62.2 Å². The van der Waals surface area contributed by atoms with Crippen molar-refractivity contribution in [1.82, 2.24) is 10.3 Å². The SMILES string of the molecule is CCc1cc(CNC(C)(C)C)cc(N2CC=CCC2)n1. The molecule has 0 aliphatic carbocycles. The molecule has 0 aromatic carbocycles. The van der Waals surface area contributed by atoms with Gasteiger partial charge in [-0.3, -0.25) is 0 Å². The summed E-state index contributed by atoms with van der Waals surface area (Å²) in [5.41, 5.74) is 2.66. The summed E-state index contributed by atoms with van der Waals surface area (Å²) < 4.78 is 0. The molecule has 0 saturated carbocycles. The van der Waals surface area contributed by atoms with Crippen LogP contribution in [0.2, 0.25) is 0 Å². The van der Waals surface area contributed by atoms with Crippen LogP contribution in [-0.2, 0) is 13.0 Å². The minimum atomic E-state index is 0.143. The average molecular weight is 273 g/mol. The van der Waals surface area contributed by atoms with E-state index in [1.54, 1.807) is 0 Å². The highest BCUT2D eigenvalue weighted by molar-refractivity contribution is 5.44. The van der Waals surface area contributed by atoms with Crippen LogP contribution in [0, 0.1) is 0 Å². The molecule has 0 fully saturated rings. The fourth-order valence-corrected chi connectivity index (χ4v) is 2.29. The maximum atomic E-state index is 4.78. The lowest BCUT2D eigenvalue weighted by Crippen LogP contribution is -2.35. The van der Waals surface area contributed by atoms with Gasteiger partial charge < -0.3 is 10.2 Å². The van der Waals surface area contributed by atoms with Crippen LogP contribution in [0.1, 0.15) is 45.4 Å². The summed E-state index contributed by atoms with van der Waals surface area (Å²) in [5.74, 6) is 1.12. The van der Waals surface area contributed by atoms with Crippen LogP contribution < -0.4 is 10.2 Å². The number of hydrogen-bond donors (Lipinski definition) is 1. The Labute approximate surface area is 123 Å². The maximum absolute atomic E-state index is 4.78. The molecular weight excluding hydrogens is 246 g/mol. The highest BCUT2D eigenvalue weighted by atomic mass is 15.2. The Balaban J connectivity index is 2.17. The summed E-state index contributed by atoms with van der Waals surface area (Å²) in [5, 5.41) is 3.56. The van der Waals surface area contributed by atoms with E-state index in [0.29, 0.717) is 0 Å². The third-order valence-electron chi connectivity index (χ3n) is 3.49. The quantitative estimate of drug-likeness (QED) is 0.853. The minimum Gasteiger partial charge on any atom is -0.353 e. The van der Waals surface area contributed by atoms with E-state index in [0.717, 1.165) is 38.3 Å². The lowest BCUT2D eigenvalue weighted by Gasteiger charge is -2.26. The summed E-state index contributed by atoms with van der Waals surface area (Å²) >= 11 is 0. The van der Waals surface area contributed by atoms with E-state index < -0.39 is 0 Å². The van der Waals surface area contributed by atoms with Crippen molar-refractivity contribution >= 4 is 5.82 Å². The fraction of sp³-hybridized carbons (Fsp3) is 0.588. The normalized spacial score (nSPS) is 15.7. The lowest BCUT2D eigenvalue weighted by atomic mass is 10.1. The highest BCUT2D eigenvalue weighted by Gasteiger charge is 2.13. The van der Waals surface area contributed by atoms with E-state index in [1.807, 2.05) is 0 Å². The van der Waals surface area contributed by atoms with Crippen molar-refractivity contribution in [2.24, 2.45) is 0 Å². The first-order valence-corrected chi connectivity index (χ1v) is 7.63. The number of nitrogens with one attached hydrogen (secondary N) is 1. The standard InChI is InChI=1S/C17H27N3/c1-5-15-11-14(13-18-17(2,3)4)12-16(19-15)20-9-7-6-8-10-20/h6-7,11-12,18H,5,8-10,13H2,1-4H3. The van der Waals surface area contributed by atoms with E-state index in [4.69, 9.17) is 4.98 Å². The first kappa shape index (κ1) is 15.0. The molecule has 20 heavy (non-hydrogen) atoms. The third kappa shape index (κ3) is 4.34. The molecule has 2 heterocycles. The van der Waals surface area contributed by atoms with Gasteiger partial charge in [-0.2, -0.15) is 0 Å². The molecule has 3 nitrogen and oxygen atoms in total. The lowest BCUT2D eigenvalue weighted by molar-refractivity contribution is 0.424. The molecule has 1 aromatic heterocycles. The largest absolute Gasteiger partial charge is 0.353 e. The zero-order valence-corrected chi connectivity index (χ0v) is 13.2. The number of nitrogens with zero attached hydrogens (tertiary/aromatic N) is 2. The Morgan fingerprint density at radius 2 is 2.05 bits per heavy atom. The van der Waals surface area contributed by atoms with Crippen LogP contribution >= 0.6 is 0 Å². The van der Waals surface area contributed by atoms with Gasteiger partial charge in [0.05, 0.1) is 0 Å². The van der Waals surface area contributed by atoms with Crippen LogP contribution in [0.3, 0.4) is 0 Å². The maximum Gasteiger partial charge on any atom is 0.129 e. The molecular formula is C17H27N3. The molecule has 0 bridgehead atoms. The van der Waals surface area contributed by atoms with Gasteiger partial charge in [0, 0.05) is 30.9 Å². The van der Waals surface area contributed by atoms with Gasteiger partial charge in [-0.25, -0.2) is 4.98 Å². The molecule has 2 rings (SSSR count). The molecule has 0 radical (unpaired) electrons. The molecule has 1 aliphatic rings. The molecule has 1 aliphatic heterocycles. The smallest absolute Gasteiger partial charge is 0.129 e. The van der Waals surface area contributed by atoms with Gasteiger partial charge in [-0.15, -0.1) is 0 Å². The molecule has 1 aromatic rings. The van der Waals surface area contributed by atoms with Crippen molar-refractivity contribution in [3.8, 4) is 0 Å². The predicted octanol–water partition coefficient (Wildman–Crippen LogP) is 3.30. The van der Waals surface area contributed by atoms with E-state index >= 15 is 0 Å². The number of rotatable bonds is 4. The van der Waals surface area contributed by atoms with Crippen LogP contribution in [0.5, 0.6) is 0 Å². The monoisotopic (exact) mass is 273 g/mol. The van der Waals surface area contributed by atoms with E-state index in [9.17, 15) is 0 Å². The predicted molar refractivity (Wildman–Crippen MR) is 86.2 cm³/mol. The highest BCUT2D eigenvalue weighted by Crippen LogP contribution is 2.18. The van der Waals surface area contributed by atoms with Gasteiger partial charge in [0.25, 0.3) is 0 Å². The number of anilines is 1. The minimum absolute atomic E-state index is 0.143. The summed E-state index contributed by atoms with van der Waals surface area (Å²) in [4.78, 5) is 7.15. The van der Waals surface area contributed by atoms with Crippen molar-refractivity contribution in [2.75, 3.05) is 18.0 Å². The zero-order chi connectivity index (χ0) is 14.6. The average Bonchev–Trinajstić information content (AvgIpc) is 2.45. The molecule has 0 atom stereocenters. The number of hydrogen-bond acceptors (Lipinski definition) is 3. The molecule has 0 unspecified atom stereocenters. The van der Waals surface area contributed by atoms with Gasteiger partial charge in [0.1, 0.15) is 5.82 Å². The Morgan fingerprint density at radius 3 is 2.65 bits per heavy atom. The van der Waals surface area contributed by atoms with Gasteiger partial charge >= 0.3 is 0 Å². The molecule has 0 amide bonds. The van der Waals surface area contributed by atoms with Crippen molar-refractivity contribution in [3.63, 3.8) is 0 Å². The Morgan fingerprint density at radius 1 is 1.25 bits per heavy atom. The first-order valence-electron chi connectivity index (χ1n) is 7.63. The van der Waals surface area contributed by atoms with Gasteiger partial charge in [-0.05, 0) is 51.3 Å². The first-order chi connectivity index (χ1) is 9.48. The summed E-state index contributed by atoms with van der Waals surface area (Å²) in [6.45, 7) is 11.7. The van der Waals surface area contributed by atoms with Crippen LogP contribution in [-0.4, -0.2) is 23.6 Å². The Hall–Kier alpha value is -1.35. The fourth-order valence-electron chi connectivity index (χ4n) is 2.29. The van der Waals surface area contributed by atoms with E-state index in [1.165, 1.54) is 11.3 Å². The molecule has 3 heteroatoms. The second-order valence-corrected chi connectivity index (χ2v) is 6.49. The molecule has 0 spiro atoms. The van der Waals surface area contributed by atoms with Crippen molar-refractivity contribution in [2.45, 2.75) is 52.6 Å². The second-order valence-electron chi connectivity index (χ2n) is 6.49. The Bertz CT molecular complexity index is 472. The number of aromatic nitrogens is 1. The summed E-state index contributed by atoms with van der Waals surface area (Å²) in [6.07, 6.45) is 6.59. The molecule has 1 N–H and O–H groups in total. The van der Waals surface area contributed by atoms with Crippen LogP contribution in [0.15, 0.2) is 24.3 Å². The van der Waals surface area contributed by atoms with Crippen LogP contribution in [0.4, 0.5) is 5.82 Å². The van der Waals surface area contributed by atoms with Crippen molar-refractivity contribution in [3.05, 3.63) is 35.5 Å². The number of pyridine rings is 1. The summed E-state index contributed by atoms with van der Waals surface area (Å²) in [7, 11) is 0. The molecule has 0 saturated heterocycles. The number of aryl methyl sites for hydroxylation is 1. The topological polar surface area (TPSA) is 28.2 Å². The van der Waals surface area contributed by atoms with E-state index in [-0.39, 0.29) is 5.54 Å². The summed E-state index contributed by atoms with van der Waals surface area (Å²) in [6, 6.07) is 4.46. The Kier molecular flexibility index (Phi) is 4.81. The van der Waals surface area contributed by atoms with Crippen molar-refractivity contribution in [1.29, 1.82) is 0 Å². The van der Waals surface area contributed by atoms with Crippen molar-refractivity contribution < 1.29 is 0 Å². The van der Waals surface area contributed by atoms with Gasteiger partial charge in [-0.1, -0.05) is 19.1 Å². The third-order valence-corrected chi connectivity index (χ3v) is 3.49. The van der Waals surface area contributed by atoms with Crippen LogP contribution in [0.25, 0.3) is 0 Å². The second kappa shape index (κ2) is 6.40. The van der Waals surface area contributed by atoms with Gasteiger partial charge in [0.15, 0.2) is 0 Å². The van der Waals surface area contributed by atoms with Gasteiger partial charge in [0.2, 0.25) is 0 Å². The molecule has 110 valence electrons. The zero-order valence-electron chi connectivity index (χ0n) is 13.2.